The standard InChI is InChI=1S/C76H151N2O6P/c1-6-8-10-12-14-16-18-20-22-24-26-28-30-31-32-33-34-35-36-37-38-39-40-41-42-43-44-45-46-48-50-52-54-56-58-60-62-64-66-68-70-76(80)77-74(73-84-85(81,82)83-72-71-78(3,4)5)75(79)69-67-65-63-61-59-57-55-53-51-49-47-29-27-25-23-21-19-17-15-13-11-9-7-2/h59,61,67,69,74-75,79H,6-58,60,62-66,68,70-73H2,1-5H3,(H-,77,80,81,82)/b61-59+,69-67+. The number of hydrogen-bond donors (Lipinski definition) is 2. The van der Waals surface area contributed by atoms with E-state index < -0.39 is 20.0 Å². The third-order valence-electron chi connectivity index (χ3n) is 17.9. The summed E-state index contributed by atoms with van der Waals surface area (Å²) < 4.78 is 23.5. The van der Waals surface area contributed by atoms with Gasteiger partial charge in [0.05, 0.1) is 39.9 Å². The van der Waals surface area contributed by atoms with Gasteiger partial charge in [-0.05, 0) is 32.1 Å². The van der Waals surface area contributed by atoms with Crippen molar-refractivity contribution in [2.45, 2.75) is 418 Å². The Labute approximate surface area is 532 Å². The molecule has 3 unspecified atom stereocenters. The summed E-state index contributed by atoms with van der Waals surface area (Å²) in [5.74, 6) is -0.198. The van der Waals surface area contributed by atoms with Crippen LogP contribution < -0.4 is 10.2 Å². The van der Waals surface area contributed by atoms with Crippen LogP contribution in [0, 0.1) is 0 Å². The van der Waals surface area contributed by atoms with Crippen molar-refractivity contribution in [2.24, 2.45) is 0 Å². The fourth-order valence-electron chi connectivity index (χ4n) is 12.0. The largest absolute Gasteiger partial charge is 0.756 e. The van der Waals surface area contributed by atoms with E-state index in [0.29, 0.717) is 17.4 Å². The maximum absolute atomic E-state index is 13.0. The van der Waals surface area contributed by atoms with Crippen molar-refractivity contribution in [2.75, 3.05) is 40.9 Å². The first-order valence-electron chi connectivity index (χ1n) is 38.2. The summed E-state index contributed by atoms with van der Waals surface area (Å²) in [6.45, 7) is 4.70. The molecule has 0 aliphatic heterocycles. The van der Waals surface area contributed by atoms with E-state index in [1.54, 1.807) is 6.08 Å². The molecule has 0 radical (unpaired) electrons. The highest BCUT2D eigenvalue weighted by Crippen LogP contribution is 2.38. The predicted octanol–water partition coefficient (Wildman–Crippen LogP) is 24.0. The SMILES string of the molecule is CCCCCCCCCCCCCCCCCCC/C=C/CC/C=C/C(O)C(COP(=O)([O-])OCC[N+](C)(C)C)NC(=O)CCCCCCCCCCCCCCCCCCCCCCCCCCCCCCCCCCCCCCCCCC. The highest BCUT2D eigenvalue weighted by Gasteiger charge is 2.23. The van der Waals surface area contributed by atoms with Gasteiger partial charge in [0.25, 0.3) is 7.82 Å². The number of unbranched alkanes of at least 4 members (excludes halogenated alkanes) is 57. The van der Waals surface area contributed by atoms with Gasteiger partial charge in [0.2, 0.25) is 5.91 Å². The average molecular weight is 1220 g/mol. The minimum absolute atomic E-state index is 0.00339. The second-order valence-electron chi connectivity index (χ2n) is 27.7. The van der Waals surface area contributed by atoms with Gasteiger partial charge in [-0.3, -0.25) is 9.36 Å². The summed E-state index contributed by atoms with van der Waals surface area (Å²) in [4.78, 5) is 25.6. The molecule has 2 N–H and O–H groups in total. The van der Waals surface area contributed by atoms with Crippen LogP contribution in [-0.2, 0) is 18.4 Å². The van der Waals surface area contributed by atoms with Crippen molar-refractivity contribution >= 4 is 13.7 Å². The molecule has 0 aromatic heterocycles. The first-order chi connectivity index (χ1) is 41.5. The van der Waals surface area contributed by atoms with Crippen LogP contribution in [0.15, 0.2) is 24.3 Å². The average Bonchev–Trinajstić information content (AvgIpc) is 3.52. The Morgan fingerprint density at radius 2 is 0.659 bits per heavy atom. The fourth-order valence-corrected chi connectivity index (χ4v) is 12.7. The Morgan fingerprint density at radius 3 is 0.953 bits per heavy atom. The van der Waals surface area contributed by atoms with Gasteiger partial charge in [0.15, 0.2) is 0 Å². The highest BCUT2D eigenvalue weighted by molar-refractivity contribution is 7.45. The van der Waals surface area contributed by atoms with E-state index in [1.807, 2.05) is 27.2 Å². The molecule has 0 heterocycles. The summed E-state index contributed by atoms with van der Waals surface area (Å²) in [5.41, 5.74) is 0. The fraction of sp³-hybridized carbons (Fsp3) is 0.934. The Kier molecular flexibility index (Phi) is 66.6. The number of amides is 1. The van der Waals surface area contributed by atoms with Gasteiger partial charge in [0, 0.05) is 6.42 Å². The first-order valence-corrected chi connectivity index (χ1v) is 39.7. The van der Waals surface area contributed by atoms with E-state index in [2.05, 4.69) is 31.3 Å². The summed E-state index contributed by atoms with van der Waals surface area (Å²) in [6.07, 6.45) is 89.2. The van der Waals surface area contributed by atoms with Crippen molar-refractivity contribution in [3.8, 4) is 0 Å². The van der Waals surface area contributed by atoms with Crippen molar-refractivity contribution < 1.29 is 32.9 Å². The Bertz CT molecular complexity index is 1430. The van der Waals surface area contributed by atoms with Gasteiger partial charge in [-0.15, -0.1) is 0 Å². The second-order valence-corrected chi connectivity index (χ2v) is 29.1. The number of aliphatic hydroxyl groups excluding tert-OH is 1. The van der Waals surface area contributed by atoms with Crippen molar-refractivity contribution in [3.05, 3.63) is 24.3 Å². The number of likely N-dealkylation sites (N-methyl/N-ethyl adjacent to an activating group) is 1. The molecule has 506 valence electrons. The van der Waals surface area contributed by atoms with E-state index in [1.165, 1.54) is 347 Å². The smallest absolute Gasteiger partial charge is 0.268 e. The van der Waals surface area contributed by atoms with Gasteiger partial charge in [0.1, 0.15) is 13.2 Å². The predicted molar refractivity (Wildman–Crippen MR) is 372 cm³/mol. The zero-order valence-corrected chi connectivity index (χ0v) is 59.0. The topological polar surface area (TPSA) is 108 Å². The number of hydrogen-bond acceptors (Lipinski definition) is 6. The normalized spacial score (nSPS) is 13.6. The quantitative estimate of drug-likeness (QED) is 0.0272. The number of aliphatic hydroxyl groups is 1. The number of carbonyl (C=O) groups excluding carboxylic acids is 1. The number of nitrogens with one attached hydrogen (secondary N) is 1. The number of nitrogens with zero attached hydrogens (tertiary/aromatic N) is 1. The van der Waals surface area contributed by atoms with Crippen LogP contribution in [0.5, 0.6) is 0 Å². The van der Waals surface area contributed by atoms with Crippen LogP contribution in [-0.4, -0.2) is 68.5 Å². The molecule has 3 atom stereocenters. The molecule has 1 amide bonds. The number of phosphoric ester groups is 1. The second kappa shape index (κ2) is 67.4. The molecule has 0 saturated heterocycles. The number of allylic oxidation sites excluding steroid dienone is 3. The van der Waals surface area contributed by atoms with E-state index in [4.69, 9.17) is 9.05 Å². The Balaban J connectivity index is 3.91. The lowest BCUT2D eigenvalue weighted by Gasteiger charge is -2.29. The van der Waals surface area contributed by atoms with Crippen molar-refractivity contribution in [1.82, 2.24) is 5.32 Å². The molecule has 0 aliphatic carbocycles. The maximum atomic E-state index is 13.0. The molecule has 0 saturated carbocycles. The Hall–Kier alpha value is -1.02. The zero-order valence-electron chi connectivity index (χ0n) is 58.1. The summed E-state index contributed by atoms with van der Waals surface area (Å²) in [7, 11) is 1.26. The van der Waals surface area contributed by atoms with E-state index in [-0.39, 0.29) is 19.1 Å². The highest BCUT2D eigenvalue weighted by atomic mass is 31.2. The lowest BCUT2D eigenvalue weighted by Crippen LogP contribution is -2.45. The van der Waals surface area contributed by atoms with Gasteiger partial charge in [-0.1, -0.05) is 391 Å². The molecule has 0 spiro atoms. The number of rotatable bonds is 72. The summed E-state index contributed by atoms with van der Waals surface area (Å²) in [6, 6.07) is -0.902. The van der Waals surface area contributed by atoms with Crippen molar-refractivity contribution in [1.29, 1.82) is 0 Å². The van der Waals surface area contributed by atoms with Crippen LogP contribution in [0.25, 0.3) is 0 Å². The van der Waals surface area contributed by atoms with Crippen LogP contribution in [0.2, 0.25) is 0 Å². The van der Waals surface area contributed by atoms with Gasteiger partial charge in [-0.25, -0.2) is 0 Å². The third kappa shape index (κ3) is 70.3. The molecule has 0 aromatic rings. The molecule has 0 rings (SSSR count). The number of quaternary nitrogens is 1. The van der Waals surface area contributed by atoms with Crippen LogP contribution in [0.3, 0.4) is 0 Å². The first kappa shape index (κ1) is 84.0. The Morgan fingerprint density at radius 1 is 0.400 bits per heavy atom. The molecule has 0 aromatic carbocycles. The minimum Gasteiger partial charge on any atom is -0.756 e. The molecule has 0 fully saturated rings. The molecule has 9 heteroatoms. The van der Waals surface area contributed by atoms with E-state index in [0.717, 1.165) is 38.5 Å². The number of phosphoric acid groups is 1. The molecule has 0 aliphatic rings. The number of carbonyl (C=O) groups is 1. The summed E-state index contributed by atoms with van der Waals surface area (Å²) in [5, 5.41) is 14.0. The molecule has 8 nitrogen and oxygen atoms in total. The van der Waals surface area contributed by atoms with Crippen LogP contribution >= 0.6 is 7.82 Å². The third-order valence-corrected chi connectivity index (χ3v) is 18.9. The lowest BCUT2D eigenvalue weighted by molar-refractivity contribution is -0.870. The monoisotopic (exact) mass is 1220 g/mol. The zero-order chi connectivity index (χ0) is 61.9. The lowest BCUT2D eigenvalue weighted by atomic mass is 10.0. The van der Waals surface area contributed by atoms with E-state index in [9.17, 15) is 19.4 Å². The molecule has 0 bridgehead atoms. The van der Waals surface area contributed by atoms with Crippen LogP contribution in [0.4, 0.5) is 0 Å². The maximum Gasteiger partial charge on any atom is 0.268 e. The molecular formula is C76H151N2O6P. The molecular weight excluding hydrogens is 1070 g/mol. The van der Waals surface area contributed by atoms with Gasteiger partial charge < -0.3 is 28.8 Å². The van der Waals surface area contributed by atoms with E-state index >= 15 is 0 Å². The van der Waals surface area contributed by atoms with Gasteiger partial charge >= 0.3 is 0 Å². The minimum atomic E-state index is -4.61. The summed E-state index contributed by atoms with van der Waals surface area (Å²) >= 11 is 0. The van der Waals surface area contributed by atoms with Crippen molar-refractivity contribution in [3.63, 3.8) is 0 Å². The molecule has 85 heavy (non-hydrogen) atoms. The van der Waals surface area contributed by atoms with Crippen LogP contribution in [0.1, 0.15) is 406 Å². The van der Waals surface area contributed by atoms with Gasteiger partial charge in [-0.2, -0.15) is 0 Å².